The quantitative estimate of drug-likeness (QED) is 0.379. The van der Waals surface area contributed by atoms with E-state index in [0.29, 0.717) is 0 Å². The van der Waals surface area contributed by atoms with Crippen molar-refractivity contribution in [1.82, 2.24) is 0 Å². The molecule has 0 aromatic heterocycles. The molecule has 1 aromatic carbocycles. The second-order valence-corrected chi connectivity index (χ2v) is 12.9. The van der Waals surface area contributed by atoms with E-state index in [4.69, 9.17) is 4.43 Å². The van der Waals surface area contributed by atoms with Crippen LogP contribution in [0.3, 0.4) is 0 Å². The third-order valence-corrected chi connectivity index (χ3v) is 6.32. The molecule has 0 N–H and O–H groups in total. The Balaban J connectivity index is 2.73. The van der Waals surface area contributed by atoms with Gasteiger partial charge in [0.25, 0.3) is 0 Å². The van der Waals surface area contributed by atoms with Crippen molar-refractivity contribution < 1.29 is 4.43 Å². The van der Waals surface area contributed by atoms with E-state index in [1.165, 1.54) is 26.7 Å². The van der Waals surface area contributed by atoms with Crippen molar-refractivity contribution in [1.29, 1.82) is 0 Å². The van der Waals surface area contributed by atoms with Gasteiger partial charge in [-0.1, -0.05) is 0 Å². The van der Waals surface area contributed by atoms with Crippen LogP contribution in [0.15, 0.2) is 34.1 Å². The molecule has 1 aromatic rings. The van der Waals surface area contributed by atoms with Gasteiger partial charge in [0.15, 0.2) is 0 Å². The van der Waals surface area contributed by atoms with Crippen LogP contribution in [-0.2, 0) is 4.43 Å². The molecule has 0 aliphatic rings. The first-order valence-electron chi connectivity index (χ1n) is 6.60. The number of benzene rings is 1. The van der Waals surface area contributed by atoms with Gasteiger partial charge in [0.1, 0.15) is 0 Å². The standard InChI is InChI=1S/C15H24OSiTe/c1-5-6-12-18-15(16-17(2,3)4)13-14-10-8-7-9-11-14/h7-11,13H,5-6,12H2,1-4H3/b15-13-. The second kappa shape index (κ2) is 8.04. The van der Waals surface area contributed by atoms with Crippen molar-refractivity contribution in [2.24, 2.45) is 0 Å². The Morgan fingerprint density at radius 3 is 2.44 bits per heavy atom. The third kappa shape index (κ3) is 7.26. The van der Waals surface area contributed by atoms with Gasteiger partial charge in [-0.3, -0.25) is 0 Å². The Kier molecular flexibility index (Phi) is 7.07. The molecule has 0 spiro atoms. The number of hydrogen-bond acceptors (Lipinski definition) is 1. The van der Waals surface area contributed by atoms with Crippen LogP contribution in [0.2, 0.25) is 24.1 Å². The van der Waals surface area contributed by atoms with E-state index >= 15 is 0 Å². The van der Waals surface area contributed by atoms with Gasteiger partial charge in [-0.2, -0.15) is 0 Å². The van der Waals surface area contributed by atoms with Crippen LogP contribution in [0, 0.1) is 0 Å². The van der Waals surface area contributed by atoms with Crippen molar-refractivity contribution in [3.63, 3.8) is 0 Å². The van der Waals surface area contributed by atoms with Gasteiger partial charge in [0.05, 0.1) is 0 Å². The molecule has 0 unspecified atom stereocenters. The molecule has 18 heavy (non-hydrogen) atoms. The summed E-state index contributed by atoms with van der Waals surface area (Å²) in [7, 11) is -1.47. The van der Waals surface area contributed by atoms with Crippen LogP contribution in [0.1, 0.15) is 25.3 Å². The van der Waals surface area contributed by atoms with Gasteiger partial charge >= 0.3 is 123 Å². The van der Waals surface area contributed by atoms with Crippen molar-refractivity contribution in [2.45, 2.75) is 43.9 Å². The van der Waals surface area contributed by atoms with Crippen LogP contribution in [0.4, 0.5) is 0 Å². The first kappa shape index (κ1) is 15.8. The molecule has 0 heterocycles. The van der Waals surface area contributed by atoms with E-state index in [-0.39, 0.29) is 20.9 Å². The van der Waals surface area contributed by atoms with E-state index in [2.05, 4.69) is 63.0 Å². The molecule has 1 rings (SSSR count). The molecule has 0 aliphatic carbocycles. The minimum atomic E-state index is -1.47. The topological polar surface area (TPSA) is 9.23 Å². The zero-order valence-corrected chi connectivity index (χ0v) is 15.2. The predicted octanol–water partition coefficient (Wildman–Crippen LogP) is 4.76. The molecule has 0 bridgehead atoms. The molecule has 0 saturated carbocycles. The fourth-order valence-electron chi connectivity index (χ4n) is 1.40. The Bertz CT molecular complexity index is 368. The molecule has 0 amide bonds. The second-order valence-electron chi connectivity index (χ2n) is 5.29. The summed E-state index contributed by atoms with van der Waals surface area (Å²) in [4.78, 5) is 0. The third-order valence-electron chi connectivity index (χ3n) is 2.23. The average molecular weight is 376 g/mol. The number of hydrogen-bond donors (Lipinski definition) is 0. The van der Waals surface area contributed by atoms with Gasteiger partial charge < -0.3 is 0 Å². The molecule has 100 valence electrons. The van der Waals surface area contributed by atoms with Crippen LogP contribution >= 0.6 is 0 Å². The molecule has 1 nitrogen and oxygen atoms in total. The number of rotatable bonds is 7. The summed E-state index contributed by atoms with van der Waals surface area (Å²) >= 11 is -0.153. The molecular weight excluding hydrogens is 352 g/mol. The summed E-state index contributed by atoms with van der Waals surface area (Å²) < 4.78 is 8.89. The monoisotopic (exact) mass is 378 g/mol. The summed E-state index contributed by atoms with van der Waals surface area (Å²) in [5.74, 6) is 0. The molecule has 0 saturated heterocycles. The Hall–Kier alpha value is -0.234. The maximum absolute atomic E-state index is 6.25. The van der Waals surface area contributed by atoms with Gasteiger partial charge in [0.2, 0.25) is 0 Å². The van der Waals surface area contributed by atoms with Crippen molar-refractivity contribution >= 4 is 35.3 Å². The van der Waals surface area contributed by atoms with Gasteiger partial charge in [-0.15, -0.1) is 0 Å². The predicted molar refractivity (Wildman–Crippen MR) is 84.3 cm³/mol. The molecule has 0 atom stereocenters. The van der Waals surface area contributed by atoms with E-state index in [1.54, 1.807) is 0 Å². The van der Waals surface area contributed by atoms with Gasteiger partial charge in [-0.25, -0.2) is 0 Å². The van der Waals surface area contributed by atoms with E-state index in [0.717, 1.165) is 0 Å². The molecular formula is C15H24OSiTe. The summed E-state index contributed by atoms with van der Waals surface area (Å²) in [5.41, 5.74) is 1.27. The average Bonchev–Trinajstić information content (AvgIpc) is 2.28. The molecule has 3 heteroatoms. The first-order valence-corrected chi connectivity index (χ1v) is 12.8. The summed E-state index contributed by atoms with van der Waals surface area (Å²) in [6.07, 6.45) is 4.88. The summed E-state index contributed by atoms with van der Waals surface area (Å²) in [6.45, 7) is 9.04. The minimum absolute atomic E-state index is 0.153. The van der Waals surface area contributed by atoms with Crippen molar-refractivity contribution in [2.75, 3.05) is 0 Å². The fraction of sp³-hybridized carbons (Fsp3) is 0.467. The van der Waals surface area contributed by atoms with E-state index < -0.39 is 8.32 Å². The van der Waals surface area contributed by atoms with Crippen LogP contribution in [0.25, 0.3) is 6.08 Å². The van der Waals surface area contributed by atoms with Crippen LogP contribution in [-0.4, -0.2) is 29.2 Å². The van der Waals surface area contributed by atoms with Crippen molar-refractivity contribution in [3.8, 4) is 0 Å². The van der Waals surface area contributed by atoms with Crippen LogP contribution in [0.5, 0.6) is 0 Å². The van der Waals surface area contributed by atoms with Gasteiger partial charge in [0, 0.05) is 0 Å². The summed E-state index contributed by atoms with van der Waals surface area (Å²) in [6, 6.07) is 10.5. The Labute approximate surface area is 123 Å². The Morgan fingerprint density at radius 1 is 1.22 bits per heavy atom. The zero-order chi connectivity index (χ0) is 13.4. The van der Waals surface area contributed by atoms with E-state index in [9.17, 15) is 0 Å². The summed E-state index contributed by atoms with van der Waals surface area (Å²) in [5, 5.41) is 0. The maximum atomic E-state index is 6.25. The van der Waals surface area contributed by atoms with Gasteiger partial charge in [-0.05, 0) is 0 Å². The van der Waals surface area contributed by atoms with Crippen LogP contribution < -0.4 is 0 Å². The Morgan fingerprint density at radius 2 is 1.89 bits per heavy atom. The zero-order valence-electron chi connectivity index (χ0n) is 11.9. The molecule has 0 aliphatic heterocycles. The molecule has 0 radical (unpaired) electrons. The normalized spacial score (nSPS) is 12.6. The number of unbranched alkanes of at least 4 members (excludes halogenated alkanes) is 1. The van der Waals surface area contributed by atoms with Crippen molar-refractivity contribution in [3.05, 3.63) is 39.7 Å². The first-order chi connectivity index (χ1) is 8.51. The SMILES string of the molecule is CCCC[Te]/C(=C\c1ccccc1)O[Si](C)(C)C. The van der Waals surface area contributed by atoms with E-state index in [1.807, 2.05) is 0 Å². The molecule has 0 fully saturated rings. The fourth-order valence-corrected chi connectivity index (χ4v) is 7.21.